The van der Waals surface area contributed by atoms with Crippen LogP contribution in [0, 0.1) is 6.92 Å². The van der Waals surface area contributed by atoms with E-state index in [4.69, 9.17) is 9.72 Å². The molecule has 1 N–H and O–H groups in total. The molecule has 1 aliphatic heterocycles. The molecule has 6 nitrogen and oxygen atoms in total. The predicted molar refractivity (Wildman–Crippen MR) is 116 cm³/mol. The Morgan fingerprint density at radius 2 is 2.00 bits per heavy atom. The zero-order valence-electron chi connectivity index (χ0n) is 16.7. The normalized spacial score (nSPS) is 15.7. The predicted octanol–water partition coefficient (Wildman–Crippen LogP) is 3.40. The topological polar surface area (TPSA) is 71.5 Å². The fraction of sp³-hybridized carbons (Fsp3) is 0.318. The van der Waals surface area contributed by atoms with Crippen molar-refractivity contribution in [3.05, 3.63) is 59.7 Å². The summed E-state index contributed by atoms with van der Waals surface area (Å²) in [7, 11) is -1.62. The molecule has 0 aliphatic carbocycles. The van der Waals surface area contributed by atoms with Gasteiger partial charge in [0.25, 0.3) is 0 Å². The van der Waals surface area contributed by atoms with Crippen LogP contribution in [0.4, 0.5) is 11.5 Å². The first-order valence-electron chi connectivity index (χ1n) is 9.68. The first kappa shape index (κ1) is 19.7. The number of nitrogens with one attached hydrogen (secondary N) is 1. The number of pyridine rings is 1. The number of anilines is 2. The van der Waals surface area contributed by atoms with Gasteiger partial charge < -0.3 is 15.0 Å². The monoisotopic (exact) mass is 411 g/mol. The van der Waals surface area contributed by atoms with E-state index in [1.54, 1.807) is 19.2 Å². The molecule has 2 heterocycles. The van der Waals surface area contributed by atoms with Crippen LogP contribution >= 0.6 is 0 Å². The molecule has 29 heavy (non-hydrogen) atoms. The molecule has 0 radical (unpaired) electrons. The standard InChI is InChI=1S/C22H25N3O3S/c1-16-7-8-19-18(13-16)20(23-9-11-28-2)14-22(24-19)25-10-12-29(26,27)21-6-4-3-5-17(21)15-25/h3-8,13-14H,9-12,15H2,1-2H3,(H,23,24). The van der Waals surface area contributed by atoms with Gasteiger partial charge in [-0.25, -0.2) is 13.4 Å². The SMILES string of the molecule is COCCNc1cc(N2CCS(=O)(=O)c3ccccc3C2)nc2ccc(C)cc12. The van der Waals surface area contributed by atoms with Crippen molar-refractivity contribution in [1.29, 1.82) is 0 Å². The second-order valence-corrected chi connectivity index (χ2v) is 9.39. The number of aryl methyl sites for hydroxylation is 1. The highest BCUT2D eigenvalue weighted by atomic mass is 32.2. The average molecular weight is 412 g/mol. The summed E-state index contributed by atoms with van der Waals surface area (Å²) in [5, 5.41) is 4.49. The van der Waals surface area contributed by atoms with Crippen LogP contribution in [0.25, 0.3) is 10.9 Å². The minimum atomic E-state index is -3.30. The minimum Gasteiger partial charge on any atom is -0.383 e. The van der Waals surface area contributed by atoms with E-state index in [0.29, 0.717) is 31.1 Å². The molecular formula is C22H25N3O3S. The second kappa shape index (κ2) is 8.00. The Morgan fingerprint density at radius 1 is 1.17 bits per heavy atom. The van der Waals surface area contributed by atoms with Crippen LogP contribution in [-0.2, 0) is 21.1 Å². The Balaban J connectivity index is 1.76. The summed E-state index contributed by atoms with van der Waals surface area (Å²) in [5.41, 5.74) is 3.83. The fourth-order valence-electron chi connectivity index (χ4n) is 3.68. The summed E-state index contributed by atoms with van der Waals surface area (Å²) in [4.78, 5) is 7.33. The van der Waals surface area contributed by atoms with Crippen molar-refractivity contribution >= 4 is 32.2 Å². The number of sulfone groups is 1. The van der Waals surface area contributed by atoms with Gasteiger partial charge in [-0.05, 0) is 30.7 Å². The molecule has 7 heteroatoms. The largest absolute Gasteiger partial charge is 0.383 e. The Kier molecular flexibility index (Phi) is 5.43. The van der Waals surface area contributed by atoms with Crippen molar-refractivity contribution in [2.24, 2.45) is 0 Å². The number of hydrogen-bond acceptors (Lipinski definition) is 6. The number of ether oxygens (including phenoxy) is 1. The number of aromatic nitrogens is 1. The van der Waals surface area contributed by atoms with Crippen molar-refractivity contribution in [1.82, 2.24) is 4.98 Å². The lowest BCUT2D eigenvalue weighted by atomic mass is 10.1. The molecule has 0 amide bonds. The summed E-state index contributed by atoms with van der Waals surface area (Å²) in [6, 6.07) is 15.4. The lowest BCUT2D eigenvalue weighted by Gasteiger charge is -2.23. The zero-order valence-corrected chi connectivity index (χ0v) is 17.5. The first-order chi connectivity index (χ1) is 14.0. The maximum Gasteiger partial charge on any atom is 0.180 e. The Bertz CT molecular complexity index is 1150. The quantitative estimate of drug-likeness (QED) is 0.649. The van der Waals surface area contributed by atoms with Crippen molar-refractivity contribution < 1.29 is 13.2 Å². The number of methoxy groups -OCH3 is 1. The average Bonchev–Trinajstić information content (AvgIpc) is 2.84. The van der Waals surface area contributed by atoms with E-state index in [2.05, 4.69) is 18.3 Å². The van der Waals surface area contributed by atoms with Crippen LogP contribution in [0.15, 0.2) is 53.4 Å². The van der Waals surface area contributed by atoms with Gasteiger partial charge in [-0.1, -0.05) is 29.8 Å². The summed E-state index contributed by atoms with van der Waals surface area (Å²) in [6.07, 6.45) is 0. The van der Waals surface area contributed by atoms with Crippen molar-refractivity contribution in [2.45, 2.75) is 18.4 Å². The van der Waals surface area contributed by atoms with E-state index in [1.165, 1.54) is 0 Å². The molecule has 4 rings (SSSR count). The molecule has 0 atom stereocenters. The van der Waals surface area contributed by atoms with Gasteiger partial charge in [0, 0.05) is 43.9 Å². The molecule has 1 aliphatic rings. The lowest BCUT2D eigenvalue weighted by molar-refractivity contribution is 0.211. The van der Waals surface area contributed by atoms with E-state index in [1.807, 2.05) is 35.2 Å². The third-order valence-corrected chi connectivity index (χ3v) is 6.98. The number of fused-ring (bicyclic) bond motifs is 2. The van der Waals surface area contributed by atoms with Crippen LogP contribution in [0.1, 0.15) is 11.1 Å². The molecule has 0 saturated carbocycles. The van der Waals surface area contributed by atoms with Gasteiger partial charge in [-0.2, -0.15) is 0 Å². The molecule has 0 fully saturated rings. The Morgan fingerprint density at radius 3 is 2.83 bits per heavy atom. The molecule has 0 bridgehead atoms. The van der Waals surface area contributed by atoms with Crippen LogP contribution in [0.5, 0.6) is 0 Å². The highest BCUT2D eigenvalue weighted by molar-refractivity contribution is 7.91. The molecule has 0 saturated heterocycles. The van der Waals surface area contributed by atoms with Gasteiger partial charge in [0.2, 0.25) is 0 Å². The molecule has 152 valence electrons. The van der Waals surface area contributed by atoms with Crippen molar-refractivity contribution in [2.75, 3.05) is 42.8 Å². The van der Waals surface area contributed by atoms with Crippen molar-refractivity contribution in [3.63, 3.8) is 0 Å². The maximum atomic E-state index is 12.7. The second-order valence-electron chi connectivity index (χ2n) is 7.32. The third-order valence-electron chi connectivity index (χ3n) is 5.20. The highest BCUT2D eigenvalue weighted by Crippen LogP contribution is 2.31. The lowest BCUT2D eigenvalue weighted by Crippen LogP contribution is -2.26. The number of hydrogen-bond donors (Lipinski definition) is 1. The van der Waals surface area contributed by atoms with Gasteiger partial charge in [0.1, 0.15) is 5.82 Å². The van der Waals surface area contributed by atoms with Crippen LogP contribution in [-0.4, -0.2) is 46.0 Å². The van der Waals surface area contributed by atoms with E-state index < -0.39 is 9.84 Å². The maximum absolute atomic E-state index is 12.7. The molecule has 1 aromatic heterocycles. The van der Waals surface area contributed by atoms with Gasteiger partial charge in [0.15, 0.2) is 9.84 Å². The molecule has 2 aromatic carbocycles. The third kappa shape index (κ3) is 4.06. The number of nitrogens with zero attached hydrogens (tertiary/aromatic N) is 2. The Hall–Kier alpha value is -2.64. The van der Waals surface area contributed by atoms with E-state index in [9.17, 15) is 8.42 Å². The van der Waals surface area contributed by atoms with Crippen molar-refractivity contribution in [3.8, 4) is 0 Å². The van der Waals surface area contributed by atoms with Crippen LogP contribution in [0.3, 0.4) is 0 Å². The summed E-state index contributed by atoms with van der Waals surface area (Å²) < 4.78 is 30.5. The van der Waals surface area contributed by atoms with E-state index >= 15 is 0 Å². The van der Waals surface area contributed by atoms with Gasteiger partial charge in [-0.3, -0.25) is 0 Å². The van der Waals surface area contributed by atoms with Gasteiger partial charge >= 0.3 is 0 Å². The van der Waals surface area contributed by atoms with E-state index in [0.717, 1.165) is 33.5 Å². The molecule has 3 aromatic rings. The first-order valence-corrected chi connectivity index (χ1v) is 11.3. The fourth-order valence-corrected chi connectivity index (χ4v) is 5.18. The number of benzene rings is 2. The highest BCUT2D eigenvalue weighted by Gasteiger charge is 2.26. The van der Waals surface area contributed by atoms with E-state index in [-0.39, 0.29) is 5.75 Å². The minimum absolute atomic E-state index is 0.0735. The Labute approximate surface area is 171 Å². The molecule has 0 unspecified atom stereocenters. The van der Waals surface area contributed by atoms with Crippen LogP contribution < -0.4 is 10.2 Å². The summed E-state index contributed by atoms with van der Waals surface area (Å²) in [6.45, 7) is 4.25. The smallest absolute Gasteiger partial charge is 0.180 e. The summed E-state index contributed by atoms with van der Waals surface area (Å²) in [5.74, 6) is 0.845. The zero-order chi connectivity index (χ0) is 20.4. The molecular weight excluding hydrogens is 386 g/mol. The molecule has 0 spiro atoms. The summed E-state index contributed by atoms with van der Waals surface area (Å²) >= 11 is 0. The van der Waals surface area contributed by atoms with Crippen LogP contribution in [0.2, 0.25) is 0 Å². The van der Waals surface area contributed by atoms with Gasteiger partial charge in [0.05, 0.1) is 22.8 Å². The van der Waals surface area contributed by atoms with Gasteiger partial charge in [-0.15, -0.1) is 0 Å². The number of rotatable bonds is 5.